The fourth-order valence-electron chi connectivity index (χ4n) is 4.61. The lowest BCUT2D eigenvalue weighted by Gasteiger charge is -2.26. The molecule has 0 spiro atoms. The van der Waals surface area contributed by atoms with Crippen LogP contribution in [0.2, 0.25) is 0 Å². The Morgan fingerprint density at radius 2 is 0.750 bits per heavy atom. The molecule has 2 atom stereocenters. The van der Waals surface area contributed by atoms with Gasteiger partial charge in [0.05, 0.1) is 0 Å². The lowest BCUT2D eigenvalue weighted by atomic mass is 9.78. The summed E-state index contributed by atoms with van der Waals surface area (Å²) in [7, 11) is 0. The number of rotatable bonds is 0. The third kappa shape index (κ3) is 7.14. The molecule has 6 nitrogen and oxygen atoms in total. The minimum absolute atomic E-state index is 0.136. The molecule has 7 aliphatic heterocycles. The first-order chi connectivity index (χ1) is 19.3. The molecule has 40 heavy (non-hydrogen) atoms. The van der Waals surface area contributed by atoms with Gasteiger partial charge in [-0.15, -0.1) is 0 Å². The van der Waals surface area contributed by atoms with Crippen molar-refractivity contribution >= 4 is 0 Å². The van der Waals surface area contributed by atoms with Crippen LogP contribution in [0.1, 0.15) is 36.1 Å². The first-order valence-electron chi connectivity index (χ1n) is 13.6. The van der Waals surface area contributed by atoms with E-state index in [1.165, 1.54) is 0 Å². The average Bonchev–Trinajstić information content (AvgIpc) is 2.98. The molecule has 4 aromatic rings. The van der Waals surface area contributed by atoms with Gasteiger partial charge in [0.2, 0.25) is 0 Å². The Morgan fingerprint density at radius 3 is 1.05 bits per heavy atom. The Bertz CT molecular complexity index is 1240. The second-order valence-electron chi connectivity index (χ2n) is 10.7. The normalized spacial score (nSPS) is 19.5. The quantitative estimate of drug-likeness (QED) is 0.304. The van der Waals surface area contributed by atoms with Gasteiger partial charge in [0.25, 0.3) is 0 Å². The van der Waals surface area contributed by atoms with E-state index in [1.54, 1.807) is 0 Å². The van der Waals surface area contributed by atoms with Crippen LogP contribution in [-0.2, 0) is 11.8 Å². The Balaban J connectivity index is 1.31. The van der Waals surface area contributed by atoms with E-state index in [0.29, 0.717) is 23.0 Å². The first kappa shape index (κ1) is 27.6. The van der Waals surface area contributed by atoms with Crippen LogP contribution in [0, 0.1) is 0 Å². The van der Waals surface area contributed by atoms with E-state index in [1.807, 2.05) is 97.1 Å². The van der Waals surface area contributed by atoms with Crippen LogP contribution in [0.3, 0.4) is 0 Å². The maximum absolute atomic E-state index is 10.4. The first-order valence-corrected chi connectivity index (χ1v) is 13.6. The van der Waals surface area contributed by atoms with Crippen LogP contribution in [-0.4, -0.2) is 48.8 Å². The summed E-state index contributed by atoms with van der Waals surface area (Å²) in [6.07, 6.45) is -0.752. The molecule has 208 valence electrons. The van der Waals surface area contributed by atoms with Crippen molar-refractivity contribution in [2.24, 2.45) is 0 Å². The molecule has 0 aliphatic carbocycles. The molecular formula is C34H36O6. The van der Waals surface area contributed by atoms with Crippen LogP contribution in [0.15, 0.2) is 97.1 Å². The SMILES string of the molecule is CC1(C)c2ccc(cc2)OCC(O)COc2ccc(cc2)Cc2ccc(cc2)OCC(O)COc2ccc1cc2. The molecule has 0 saturated carbocycles. The minimum atomic E-state index is -0.759. The Hall–Kier alpha value is -4.00. The van der Waals surface area contributed by atoms with Crippen molar-refractivity contribution in [3.8, 4) is 23.0 Å². The fourth-order valence-corrected chi connectivity index (χ4v) is 4.61. The lowest BCUT2D eigenvalue weighted by molar-refractivity contribution is 0.0626. The molecule has 0 radical (unpaired) electrons. The molecular weight excluding hydrogens is 504 g/mol. The van der Waals surface area contributed by atoms with Crippen molar-refractivity contribution in [3.63, 3.8) is 0 Å². The van der Waals surface area contributed by atoms with Crippen LogP contribution in [0.25, 0.3) is 0 Å². The molecule has 0 aromatic heterocycles. The van der Waals surface area contributed by atoms with Crippen molar-refractivity contribution in [1.29, 1.82) is 0 Å². The zero-order valence-corrected chi connectivity index (χ0v) is 23.0. The number of aliphatic hydroxyl groups excluding tert-OH is 2. The summed E-state index contributed by atoms with van der Waals surface area (Å²) in [6.45, 7) is 4.88. The standard InChI is InChI=1S/C34H36O6/c1-34(2)26-7-15-32(16-8-26)39-22-28(35)20-37-30-11-3-24(4-12-30)19-25-5-13-31(14-6-25)38-21-29(36)23-40-33-17-9-27(34)10-18-33/h3-18,28-29,35-36H,19-23H2,1-2H3. The summed E-state index contributed by atoms with van der Waals surface area (Å²) < 4.78 is 23.2. The summed E-state index contributed by atoms with van der Waals surface area (Å²) in [5, 5.41) is 20.8. The van der Waals surface area contributed by atoms with Crippen LogP contribution in [0.5, 0.6) is 23.0 Å². The van der Waals surface area contributed by atoms with Gasteiger partial charge >= 0.3 is 0 Å². The largest absolute Gasteiger partial charge is 0.491 e. The monoisotopic (exact) mass is 540 g/mol. The summed E-state index contributed by atoms with van der Waals surface area (Å²) in [6, 6.07) is 31.6. The third-order valence-corrected chi connectivity index (χ3v) is 7.18. The second kappa shape index (κ2) is 12.5. The smallest absolute Gasteiger partial charge is 0.122 e. The number of ether oxygens (including phenoxy) is 4. The summed E-state index contributed by atoms with van der Waals surface area (Å²) >= 11 is 0. The average molecular weight is 541 g/mol. The molecule has 2 N–H and O–H groups in total. The van der Waals surface area contributed by atoms with Gasteiger partial charge in [-0.25, -0.2) is 0 Å². The predicted octanol–water partition coefficient (Wildman–Crippen LogP) is 5.55. The van der Waals surface area contributed by atoms with E-state index in [2.05, 4.69) is 13.8 Å². The Labute approximate surface area is 235 Å². The zero-order valence-electron chi connectivity index (χ0n) is 23.0. The van der Waals surface area contributed by atoms with Gasteiger partial charge in [-0.1, -0.05) is 62.4 Å². The molecule has 0 saturated heterocycles. The molecule has 7 aliphatic rings. The summed E-state index contributed by atoms with van der Waals surface area (Å²) in [5.41, 5.74) is 4.31. The predicted molar refractivity (Wildman–Crippen MR) is 155 cm³/mol. The lowest BCUT2D eigenvalue weighted by Crippen LogP contribution is -2.25. The van der Waals surface area contributed by atoms with Crippen LogP contribution < -0.4 is 18.9 Å². The Kier molecular flexibility index (Phi) is 8.58. The molecule has 11 rings (SSSR count). The maximum atomic E-state index is 10.4. The number of hydrogen-bond donors (Lipinski definition) is 2. The van der Waals surface area contributed by atoms with Crippen molar-refractivity contribution < 1.29 is 29.2 Å². The van der Waals surface area contributed by atoms with E-state index < -0.39 is 12.2 Å². The molecule has 0 fully saturated rings. The number of aliphatic hydroxyl groups is 2. The van der Waals surface area contributed by atoms with Gasteiger partial charge in [0.1, 0.15) is 61.6 Å². The van der Waals surface area contributed by atoms with E-state index in [-0.39, 0.29) is 31.8 Å². The fraction of sp³-hybridized carbons (Fsp3) is 0.294. The maximum Gasteiger partial charge on any atom is 0.122 e. The van der Waals surface area contributed by atoms with Gasteiger partial charge < -0.3 is 29.2 Å². The number of hydrogen-bond acceptors (Lipinski definition) is 6. The highest BCUT2D eigenvalue weighted by molar-refractivity contribution is 5.42. The summed E-state index contributed by atoms with van der Waals surface area (Å²) in [5.74, 6) is 2.77. The van der Waals surface area contributed by atoms with Crippen molar-refractivity contribution in [1.82, 2.24) is 0 Å². The van der Waals surface area contributed by atoms with Gasteiger partial charge in [-0.2, -0.15) is 0 Å². The van der Waals surface area contributed by atoms with E-state index in [0.717, 1.165) is 28.7 Å². The highest BCUT2D eigenvalue weighted by Gasteiger charge is 2.23. The molecule has 0 amide bonds. The molecule has 4 aromatic carbocycles. The molecule has 8 bridgehead atoms. The third-order valence-electron chi connectivity index (χ3n) is 7.18. The zero-order chi connectivity index (χ0) is 28.0. The van der Waals surface area contributed by atoms with E-state index in [9.17, 15) is 10.2 Å². The summed E-state index contributed by atoms with van der Waals surface area (Å²) in [4.78, 5) is 0. The van der Waals surface area contributed by atoms with Gasteiger partial charge in [-0.3, -0.25) is 0 Å². The Morgan fingerprint density at radius 1 is 0.475 bits per heavy atom. The van der Waals surface area contributed by atoms with Crippen molar-refractivity contribution in [2.45, 2.75) is 37.9 Å². The van der Waals surface area contributed by atoms with E-state index >= 15 is 0 Å². The van der Waals surface area contributed by atoms with Gasteiger partial charge in [0.15, 0.2) is 0 Å². The van der Waals surface area contributed by atoms with Crippen molar-refractivity contribution in [2.75, 3.05) is 26.4 Å². The van der Waals surface area contributed by atoms with Crippen LogP contribution in [0.4, 0.5) is 0 Å². The minimum Gasteiger partial charge on any atom is -0.491 e. The highest BCUT2D eigenvalue weighted by atomic mass is 16.5. The van der Waals surface area contributed by atoms with Gasteiger partial charge in [0, 0.05) is 5.41 Å². The highest BCUT2D eigenvalue weighted by Crippen LogP contribution is 2.33. The van der Waals surface area contributed by atoms with Gasteiger partial charge in [-0.05, 0) is 77.2 Å². The number of benzene rings is 4. The molecule has 2 unspecified atom stereocenters. The topological polar surface area (TPSA) is 77.4 Å². The second-order valence-corrected chi connectivity index (χ2v) is 10.7. The van der Waals surface area contributed by atoms with Crippen molar-refractivity contribution in [3.05, 3.63) is 119 Å². The van der Waals surface area contributed by atoms with Crippen LogP contribution >= 0.6 is 0 Å². The molecule has 6 heteroatoms. The van der Waals surface area contributed by atoms with E-state index in [4.69, 9.17) is 18.9 Å². The molecule has 7 heterocycles.